The van der Waals surface area contributed by atoms with Gasteiger partial charge in [0.05, 0.1) is 12.1 Å². The minimum Gasteiger partial charge on any atom is -0.478 e. The fraction of sp³-hybridized carbons (Fsp3) is 0.250. The molecule has 3 N–H and O–H groups in total. The standard InChI is InChI=1S/C20H21N3O4/c24-18-13-23(9-8-22-18)19(25)16-6-4-14(5-7-16)11-21-12-15-2-1-3-17(10-15)20(26)27/h1-7,10,21H,8-9,11-13H2,(H,22,24)(H,26,27). The third-order valence-corrected chi connectivity index (χ3v) is 4.36. The molecule has 3 rings (SSSR count). The highest BCUT2D eigenvalue weighted by atomic mass is 16.4. The summed E-state index contributed by atoms with van der Waals surface area (Å²) >= 11 is 0. The van der Waals surface area contributed by atoms with Crippen LogP contribution in [0.15, 0.2) is 48.5 Å². The number of amides is 2. The molecule has 0 spiro atoms. The molecular weight excluding hydrogens is 346 g/mol. The summed E-state index contributed by atoms with van der Waals surface area (Å²) in [5, 5.41) is 15.0. The molecule has 2 aromatic rings. The van der Waals surface area contributed by atoms with Crippen molar-refractivity contribution in [2.45, 2.75) is 13.1 Å². The van der Waals surface area contributed by atoms with Gasteiger partial charge >= 0.3 is 5.97 Å². The number of carbonyl (C=O) groups excluding carboxylic acids is 2. The van der Waals surface area contributed by atoms with Gasteiger partial charge in [0.1, 0.15) is 0 Å². The number of piperazine rings is 1. The average Bonchev–Trinajstić information content (AvgIpc) is 2.68. The summed E-state index contributed by atoms with van der Waals surface area (Å²) in [5.41, 5.74) is 2.73. The van der Waals surface area contributed by atoms with Crippen LogP contribution >= 0.6 is 0 Å². The third-order valence-electron chi connectivity index (χ3n) is 4.36. The van der Waals surface area contributed by atoms with Gasteiger partial charge in [0, 0.05) is 31.7 Å². The second kappa shape index (κ2) is 8.46. The molecule has 0 atom stereocenters. The largest absolute Gasteiger partial charge is 0.478 e. The van der Waals surface area contributed by atoms with Crippen molar-refractivity contribution in [1.29, 1.82) is 0 Å². The maximum Gasteiger partial charge on any atom is 0.335 e. The summed E-state index contributed by atoms with van der Waals surface area (Å²) in [6.07, 6.45) is 0. The van der Waals surface area contributed by atoms with E-state index < -0.39 is 5.97 Å². The summed E-state index contributed by atoms with van der Waals surface area (Å²) in [6, 6.07) is 14.1. The molecule has 2 amide bonds. The van der Waals surface area contributed by atoms with Crippen LogP contribution in [0.4, 0.5) is 0 Å². The molecule has 0 bridgehead atoms. The van der Waals surface area contributed by atoms with Gasteiger partial charge in [0.25, 0.3) is 5.91 Å². The van der Waals surface area contributed by atoms with Crippen molar-refractivity contribution in [3.8, 4) is 0 Å². The molecule has 140 valence electrons. The molecule has 1 fully saturated rings. The van der Waals surface area contributed by atoms with Crippen molar-refractivity contribution in [3.05, 3.63) is 70.8 Å². The lowest BCUT2D eigenvalue weighted by Gasteiger charge is -2.26. The van der Waals surface area contributed by atoms with Crippen LogP contribution in [-0.4, -0.2) is 47.4 Å². The Hall–Kier alpha value is -3.19. The van der Waals surface area contributed by atoms with E-state index in [2.05, 4.69) is 10.6 Å². The second-order valence-electron chi connectivity index (χ2n) is 6.38. The number of carboxylic acid groups (broad SMARTS) is 1. The Balaban J connectivity index is 1.53. The smallest absolute Gasteiger partial charge is 0.335 e. The van der Waals surface area contributed by atoms with Gasteiger partial charge in [-0.15, -0.1) is 0 Å². The number of hydrogen-bond acceptors (Lipinski definition) is 4. The quantitative estimate of drug-likeness (QED) is 0.714. The molecule has 7 heteroatoms. The van der Waals surface area contributed by atoms with Crippen LogP contribution in [0.1, 0.15) is 31.8 Å². The maximum absolute atomic E-state index is 12.4. The monoisotopic (exact) mass is 367 g/mol. The molecule has 0 saturated carbocycles. The van der Waals surface area contributed by atoms with Gasteiger partial charge < -0.3 is 20.6 Å². The van der Waals surface area contributed by atoms with E-state index in [-0.39, 0.29) is 23.9 Å². The molecule has 0 aromatic heterocycles. The van der Waals surface area contributed by atoms with Gasteiger partial charge in [-0.3, -0.25) is 9.59 Å². The van der Waals surface area contributed by atoms with E-state index in [9.17, 15) is 14.4 Å². The van der Waals surface area contributed by atoms with E-state index in [0.717, 1.165) is 11.1 Å². The zero-order valence-corrected chi connectivity index (χ0v) is 14.8. The van der Waals surface area contributed by atoms with Gasteiger partial charge in [0.15, 0.2) is 0 Å². The highest BCUT2D eigenvalue weighted by Crippen LogP contribution is 2.10. The maximum atomic E-state index is 12.4. The summed E-state index contributed by atoms with van der Waals surface area (Å²) in [4.78, 5) is 36.4. The Morgan fingerprint density at radius 2 is 1.78 bits per heavy atom. The van der Waals surface area contributed by atoms with Gasteiger partial charge in [-0.05, 0) is 35.4 Å². The zero-order chi connectivity index (χ0) is 19.2. The number of carbonyl (C=O) groups is 3. The first-order valence-corrected chi connectivity index (χ1v) is 8.71. The molecule has 2 aromatic carbocycles. The van der Waals surface area contributed by atoms with Crippen LogP contribution in [-0.2, 0) is 17.9 Å². The number of hydrogen-bond donors (Lipinski definition) is 3. The van der Waals surface area contributed by atoms with Crippen LogP contribution in [0.3, 0.4) is 0 Å². The molecule has 1 heterocycles. The Bertz CT molecular complexity index is 849. The van der Waals surface area contributed by atoms with E-state index in [1.807, 2.05) is 18.2 Å². The summed E-state index contributed by atoms with van der Waals surface area (Å²) < 4.78 is 0. The highest BCUT2D eigenvalue weighted by molar-refractivity contribution is 5.97. The van der Waals surface area contributed by atoms with Gasteiger partial charge in [-0.25, -0.2) is 4.79 Å². The SMILES string of the molecule is O=C1CN(C(=O)c2ccc(CNCc3cccc(C(=O)O)c3)cc2)CCN1. The third kappa shape index (κ3) is 4.92. The molecule has 27 heavy (non-hydrogen) atoms. The first-order chi connectivity index (χ1) is 13.0. The van der Waals surface area contributed by atoms with Gasteiger partial charge in [-0.2, -0.15) is 0 Å². The summed E-state index contributed by atoms with van der Waals surface area (Å²) in [6.45, 7) is 2.24. The van der Waals surface area contributed by atoms with Crippen molar-refractivity contribution in [3.63, 3.8) is 0 Å². The summed E-state index contributed by atoms with van der Waals surface area (Å²) in [7, 11) is 0. The highest BCUT2D eigenvalue weighted by Gasteiger charge is 2.21. The Kier molecular flexibility index (Phi) is 5.83. The molecule has 7 nitrogen and oxygen atoms in total. The summed E-state index contributed by atoms with van der Waals surface area (Å²) in [5.74, 6) is -1.22. The number of benzene rings is 2. The Labute approximate surface area is 157 Å². The second-order valence-corrected chi connectivity index (χ2v) is 6.38. The van der Waals surface area contributed by atoms with Crippen LogP contribution in [0, 0.1) is 0 Å². The number of nitrogens with zero attached hydrogens (tertiary/aromatic N) is 1. The van der Waals surface area contributed by atoms with Gasteiger partial charge in [-0.1, -0.05) is 24.3 Å². The number of aromatic carboxylic acids is 1. The predicted molar refractivity (Wildman–Crippen MR) is 99.3 cm³/mol. The fourth-order valence-corrected chi connectivity index (χ4v) is 2.93. The Morgan fingerprint density at radius 1 is 1.04 bits per heavy atom. The first kappa shape index (κ1) is 18.6. The minimum absolute atomic E-state index is 0.0948. The van der Waals surface area contributed by atoms with Crippen LogP contribution < -0.4 is 10.6 Å². The van der Waals surface area contributed by atoms with E-state index in [1.165, 1.54) is 0 Å². The number of rotatable bonds is 6. The van der Waals surface area contributed by atoms with Crippen LogP contribution in [0.5, 0.6) is 0 Å². The molecule has 1 saturated heterocycles. The van der Waals surface area contributed by atoms with Crippen LogP contribution in [0.2, 0.25) is 0 Å². The van der Waals surface area contributed by atoms with E-state index in [4.69, 9.17) is 5.11 Å². The van der Waals surface area contributed by atoms with E-state index in [1.54, 1.807) is 35.2 Å². The Morgan fingerprint density at radius 3 is 2.48 bits per heavy atom. The topological polar surface area (TPSA) is 98.7 Å². The zero-order valence-electron chi connectivity index (χ0n) is 14.8. The first-order valence-electron chi connectivity index (χ1n) is 8.71. The van der Waals surface area contributed by atoms with Gasteiger partial charge in [0.2, 0.25) is 5.91 Å². The lowest BCUT2D eigenvalue weighted by Crippen LogP contribution is -2.49. The fourth-order valence-electron chi connectivity index (χ4n) is 2.93. The molecule has 0 unspecified atom stereocenters. The van der Waals surface area contributed by atoms with E-state index in [0.29, 0.717) is 31.7 Å². The van der Waals surface area contributed by atoms with Crippen molar-refractivity contribution in [1.82, 2.24) is 15.5 Å². The molecule has 0 radical (unpaired) electrons. The lowest BCUT2D eigenvalue weighted by atomic mass is 10.1. The molecule has 1 aliphatic heterocycles. The average molecular weight is 367 g/mol. The van der Waals surface area contributed by atoms with Crippen molar-refractivity contribution >= 4 is 17.8 Å². The normalized spacial score (nSPS) is 13.9. The molecule has 0 aliphatic carbocycles. The van der Waals surface area contributed by atoms with Crippen LogP contribution in [0.25, 0.3) is 0 Å². The molecular formula is C20H21N3O4. The van der Waals surface area contributed by atoms with Crippen molar-refractivity contribution in [2.24, 2.45) is 0 Å². The lowest BCUT2D eigenvalue weighted by molar-refractivity contribution is -0.123. The van der Waals surface area contributed by atoms with Crippen molar-refractivity contribution < 1.29 is 19.5 Å². The van der Waals surface area contributed by atoms with Crippen molar-refractivity contribution in [2.75, 3.05) is 19.6 Å². The molecule has 1 aliphatic rings. The number of nitrogens with one attached hydrogen (secondary N) is 2. The number of carboxylic acids is 1. The predicted octanol–water partition coefficient (Wildman–Crippen LogP) is 1.25. The minimum atomic E-state index is -0.941. The van der Waals surface area contributed by atoms with E-state index >= 15 is 0 Å².